The molecule has 7 heteroatoms. The average Bonchev–Trinajstić information content (AvgIpc) is 2.88. The largest absolute Gasteiger partial charge is 0.495 e. The molecule has 0 bridgehead atoms. The van der Waals surface area contributed by atoms with Crippen LogP contribution in [0.15, 0.2) is 35.2 Å². The maximum atomic E-state index is 13.1. The number of anilines is 2. The van der Waals surface area contributed by atoms with E-state index in [9.17, 15) is 13.2 Å². The van der Waals surface area contributed by atoms with Crippen molar-refractivity contribution in [1.82, 2.24) is 0 Å². The van der Waals surface area contributed by atoms with Crippen LogP contribution in [0.5, 0.6) is 5.75 Å². The van der Waals surface area contributed by atoms with Gasteiger partial charge in [-0.3, -0.25) is 9.52 Å². The van der Waals surface area contributed by atoms with Gasteiger partial charge in [-0.2, -0.15) is 0 Å². The smallest absolute Gasteiger partial charge is 0.262 e. The van der Waals surface area contributed by atoms with Crippen LogP contribution in [-0.4, -0.2) is 28.0 Å². The van der Waals surface area contributed by atoms with E-state index in [0.717, 1.165) is 35.2 Å². The third-order valence-corrected chi connectivity index (χ3v) is 6.65. The van der Waals surface area contributed by atoms with Crippen LogP contribution >= 0.6 is 0 Å². The zero-order valence-electron chi connectivity index (χ0n) is 15.6. The average molecular weight is 386 g/mol. The van der Waals surface area contributed by atoms with Crippen LogP contribution in [-0.2, 0) is 21.2 Å². The van der Waals surface area contributed by atoms with Crippen LogP contribution in [0.3, 0.4) is 0 Å². The number of hydrogen-bond donors (Lipinski definition) is 1. The lowest BCUT2D eigenvalue weighted by Crippen LogP contribution is -2.32. The summed E-state index contributed by atoms with van der Waals surface area (Å²) >= 11 is 0. The van der Waals surface area contributed by atoms with Crippen molar-refractivity contribution in [3.05, 3.63) is 47.0 Å². The molecule has 142 valence electrons. The molecule has 0 fully saturated rings. The van der Waals surface area contributed by atoms with Gasteiger partial charge in [0.25, 0.3) is 10.0 Å². The number of nitrogens with zero attached hydrogens (tertiary/aromatic N) is 1. The second-order valence-corrected chi connectivity index (χ2v) is 8.83. The predicted octanol–water partition coefficient (Wildman–Crippen LogP) is 3.20. The summed E-state index contributed by atoms with van der Waals surface area (Å²) < 4.78 is 34.1. The van der Waals surface area contributed by atoms with Crippen molar-refractivity contribution in [1.29, 1.82) is 0 Å². The number of carbonyl (C=O) groups is 1. The lowest BCUT2D eigenvalue weighted by Gasteiger charge is -2.26. The molecular formula is C20H22N2O4S. The van der Waals surface area contributed by atoms with Crippen molar-refractivity contribution in [3.63, 3.8) is 0 Å². The minimum absolute atomic E-state index is 0.0498. The molecule has 0 aliphatic carbocycles. The van der Waals surface area contributed by atoms with Crippen LogP contribution in [0.2, 0.25) is 0 Å². The Morgan fingerprint density at radius 2 is 2.00 bits per heavy atom. The fourth-order valence-electron chi connectivity index (χ4n) is 3.93. The SMILES string of the molecule is COc1ccc(C)cc1NS(=O)(=O)c1cc2c3c(c1)C(C)C(=O)N3CCC2. The van der Waals surface area contributed by atoms with Gasteiger partial charge in [-0.25, -0.2) is 8.42 Å². The van der Waals surface area contributed by atoms with Gasteiger partial charge in [0.1, 0.15) is 5.75 Å². The highest BCUT2D eigenvalue weighted by Gasteiger charge is 2.38. The molecule has 1 atom stereocenters. The monoisotopic (exact) mass is 386 g/mol. The molecule has 2 aromatic rings. The molecule has 1 unspecified atom stereocenters. The van der Waals surface area contributed by atoms with E-state index in [1.807, 2.05) is 19.9 Å². The summed E-state index contributed by atoms with van der Waals surface area (Å²) in [4.78, 5) is 14.5. The van der Waals surface area contributed by atoms with Crippen molar-refractivity contribution < 1.29 is 17.9 Å². The van der Waals surface area contributed by atoms with E-state index in [1.165, 1.54) is 7.11 Å². The van der Waals surface area contributed by atoms with Crippen molar-refractivity contribution in [2.45, 2.75) is 37.5 Å². The summed E-state index contributed by atoms with van der Waals surface area (Å²) in [6.45, 7) is 4.43. The Morgan fingerprint density at radius 3 is 2.74 bits per heavy atom. The highest BCUT2D eigenvalue weighted by Crippen LogP contribution is 2.44. The molecule has 2 heterocycles. The Labute approximate surface area is 159 Å². The number of hydrogen-bond acceptors (Lipinski definition) is 4. The van der Waals surface area contributed by atoms with E-state index in [4.69, 9.17) is 4.74 Å². The van der Waals surface area contributed by atoms with Gasteiger partial charge in [-0.05, 0) is 67.6 Å². The number of aryl methyl sites for hydroxylation is 2. The fraction of sp³-hybridized carbons (Fsp3) is 0.350. The maximum Gasteiger partial charge on any atom is 0.262 e. The topological polar surface area (TPSA) is 75.7 Å². The molecule has 2 aliphatic heterocycles. The first-order valence-electron chi connectivity index (χ1n) is 8.97. The minimum Gasteiger partial charge on any atom is -0.495 e. The Kier molecular flexibility index (Phi) is 4.14. The number of nitrogens with one attached hydrogen (secondary N) is 1. The molecule has 0 spiro atoms. The van der Waals surface area contributed by atoms with Gasteiger partial charge in [0.05, 0.1) is 29.3 Å². The summed E-state index contributed by atoms with van der Waals surface area (Å²) in [5.74, 6) is 0.190. The molecule has 0 saturated carbocycles. The third kappa shape index (κ3) is 2.86. The van der Waals surface area contributed by atoms with Gasteiger partial charge in [0, 0.05) is 6.54 Å². The first-order valence-corrected chi connectivity index (χ1v) is 10.5. The number of methoxy groups -OCH3 is 1. The molecule has 2 aliphatic rings. The number of rotatable bonds is 4. The Morgan fingerprint density at radius 1 is 1.22 bits per heavy atom. The molecule has 0 radical (unpaired) electrons. The van der Waals surface area contributed by atoms with E-state index < -0.39 is 10.0 Å². The van der Waals surface area contributed by atoms with E-state index >= 15 is 0 Å². The molecule has 4 rings (SSSR count). The number of benzene rings is 2. The second-order valence-electron chi connectivity index (χ2n) is 7.14. The molecule has 0 aromatic heterocycles. The Hall–Kier alpha value is -2.54. The molecule has 1 N–H and O–H groups in total. The summed E-state index contributed by atoms with van der Waals surface area (Å²) in [6, 6.07) is 8.66. The highest BCUT2D eigenvalue weighted by atomic mass is 32.2. The Balaban J connectivity index is 1.78. The van der Waals surface area contributed by atoms with E-state index in [0.29, 0.717) is 18.0 Å². The van der Waals surface area contributed by atoms with Crippen molar-refractivity contribution in [3.8, 4) is 5.75 Å². The van der Waals surface area contributed by atoms with Crippen molar-refractivity contribution in [2.75, 3.05) is 23.3 Å². The second kappa shape index (κ2) is 6.27. The van der Waals surface area contributed by atoms with Crippen molar-refractivity contribution >= 4 is 27.3 Å². The third-order valence-electron chi connectivity index (χ3n) is 5.30. The predicted molar refractivity (Wildman–Crippen MR) is 104 cm³/mol. The zero-order valence-corrected chi connectivity index (χ0v) is 16.4. The first kappa shape index (κ1) is 17.9. The summed E-state index contributed by atoms with van der Waals surface area (Å²) in [5.41, 5.74) is 3.96. The quantitative estimate of drug-likeness (QED) is 0.876. The normalized spacial score (nSPS) is 18.4. The van der Waals surface area contributed by atoms with E-state index in [2.05, 4.69) is 4.72 Å². The molecule has 1 amide bonds. The van der Waals surface area contributed by atoms with Gasteiger partial charge >= 0.3 is 0 Å². The minimum atomic E-state index is -3.81. The first-order chi connectivity index (χ1) is 12.8. The van der Waals surface area contributed by atoms with E-state index in [-0.39, 0.29) is 16.7 Å². The number of carbonyl (C=O) groups excluding carboxylic acids is 1. The van der Waals surface area contributed by atoms with Gasteiger partial charge < -0.3 is 9.64 Å². The summed E-state index contributed by atoms with van der Waals surface area (Å²) in [6.07, 6.45) is 1.61. The van der Waals surface area contributed by atoms with Crippen LogP contribution in [0, 0.1) is 6.92 Å². The van der Waals surface area contributed by atoms with Crippen LogP contribution in [0.4, 0.5) is 11.4 Å². The lowest BCUT2D eigenvalue weighted by atomic mass is 9.97. The van der Waals surface area contributed by atoms with Gasteiger partial charge in [0.15, 0.2) is 0 Å². The van der Waals surface area contributed by atoms with Crippen LogP contribution in [0.1, 0.15) is 36.0 Å². The molecule has 2 aromatic carbocycles. The standard InChI is InChI=1S/C20H22N2O4S/c1-12-6-7-18(26-3)17(9-12)21-27(24,25)15-10-14-5-4-8-22-19(14)16(11-15)13(2)20(22)23/h6-7,9-11,13,21H,4-5,8H2,1-3H3. The van der Waals surface area contributed by atoms with Gasteiger partial charge in [-0.15, -0.1) is 0 Å². The van der Waals surface area contributed by atoms with Crippen LogP contribution in [0.25, 0.3) is 0 Å². The van der Waals surface area contributed by atoms with Gasteiger partial charge in [-0.1, -0.05) is 6.07 Å². The molecular weight excluding hydrogens is 364 g/mol. The van der Waals surface area contributed by atoms with Crippen molar-refractivity contribution in [2.24, 2.45) is 0 Å². The molecule has 0 saturated heterocycles. The molecule has 27 heavy (non-hydrogen) atoms. The number of sulfonamides is 1. The number of amides is 1. The fourth-order valence-corrected chi connectivity index (χ4v) is 5.07. The van der Waals surface area contributed by atoms with Crippen LogP contribution < -0.4 is 14.4 Å². The zero-order chi connectivity index (χ0) is 19.3. The molecule has 6 nitrogen and oxygen atoms in total. The summed E-state index contributed by atoms with van der Waals surface area (Å²) in [7, 11) is -2.31. The number of ether oxygens (including phenoxy) is 1. The van der Waals surface area contributed by atoms with Gasteiger partial charge in [0.2, 0.25) is 5.91 Å². The lowest BCUT2D eigenvalue weighted by molar-refractivity contribution is -0.119. The highest BCUT2D eigenvalue weighted by molar-refractivity contribution is 7.92. The Bertz CT molecular complexity index is 1050. The summed E-state index contributed by atoms with van der Waals surface area (Å²) in [5, 5.41) is 0. The van der Waals surface area contributed by atoms with E-state index in [1.54, 1.807) is 29.2 Å². The maximum absolute atomic E-state index is 13.1.